The number of aromatic nitrogens is 1. The first-order valence-corrected chi connectivity index (χ1v) is 7.76. The molecule has 1 atom stereocenters. The van der Waals surface area contributed by atoms with Crippen LogP contribution in [0.2, 0.25) is 0 Å². The third-order valence-corrected chi connectivity index (χ3v) is 3.74. The predicted octanol–water partition coefficient (Wildman–Crippen LogP) is 2.63. The van der Waals surface area contributed by atoms with E-state index in [-0.39, 0.29) is 5.69 Å². The summed E-state index contributed by atoms with van der Waals surface area (Å²) in [5.74, 6) is -0.846. The van der Waals surface area contributed by atoms with Crippen LogP contribution >= 0.6 is 0 Å². The Bertz CT molecular complexity index is 713. The summed E-state index contributed by atoms with van der Waals surface area (Å²) >= 11 is 0. The van der Waals surface area contributed by atoms with Crippen molar-refractivity contribution < 1.29 is 19.1 Å². The van der Waals surface area contributed by atoms with Gasteiger partial charge in [0.25, 0.3) is 5.91 Å². The second-order valence-electron chi connectivity index (χ2n) is 5.47. The van der Waals surface area contributed by atoms with Crippen LogP contribution in [0.15, 0.2) is 48.7 Å². The Morgan fingerprint density at radius 1 is 1.21 bits per heavy atom. The first-order valence-electron chi connectivity index (χ1n) is 7.76. The molecule has 0 unspecified atom stereocenters. The number of anilines is 1. The van der Waals surface area contributed by atoms with Gasteiger partial charge in [-0.3, -0.25) is 4.79 Å². The summed E-state index contributed by atoms with van der Waals surface area (Å²) in [5, 5.41) is 14.1. The fourth-order valence-corrected chi connectivity index (χ4v) is 2.12. The molecule has 0 saturated heterocycles. The van der Waals surface area contributed by atoms with Crippen molar-refractivity contribution in [1.29, 1.82) is 0 Å². The number of carbonyl (C=O) groups is 2. The summed E-state index contributed by atoms with van der Waals surface area (Å²) < 4.78 is 5.25. The highest BCUT2D eigenvalue weighted by atomic mass is 16.5. The maximum Gasteiger partial charge on any atom is 0.405 e. The minimum Gasteiger partial charge on any atom is -0.618 e. The van der Waals surface area contributed by atoms with E-state index in [4.69, 9.17) is 4.74 Å². The maximum absolute atomic E-state index is 11.8. The van der Waals surface area contributed by atoms with Crippen molar-refractivity contribution in [3.63, 3.8) is 0 Å². The van der Waals surface area contributed by atoms with E-state index in [2.05, 4.69) is 19.2 Å². The van der Waals surface area contributed by atoms with Crippen molar-refractivity contribution in [3.05, 3.63) is 65.1 Å². The van der Waals surface area contributed by atoms with Crippen molar-refractivity contribution in [2.45, 2.75) is 26.2 Å². The number of hydrogen-bond donors (Lipinski definition) is 1. The van der Waals surface area contributed by atoms with Crippen molar-refractivity contribution in [1.82, 2.24) is 0 Å². The summed E-state index contributed by atoms with van der Waals surface area (Å²) in [6.45, 7) is 3.80. The van der Waals surface area contributed by atoms with Gasteiger partial charge in [0.05, 0.1) is 0 Å². The quantitative estimate of drug-likeness (QED) is 0.502. The van der Waals surface area contributed by atoms with E-state index in [0.29, 0.717) is 16.3 Å². The number of benzene rings is 1. The maximum atomic E-state index is 11.8. The van der Waals surface area contributed by atoms with Gasteiger partial charge in [-0.2, -0.15) is 4.73 Å². The Morgan fingerprint density at radius 3 is 2.54 bits per heavy atom. The minimum absolute atomic E-state index is 0.164. The normalized spacial score (nSPS) is 11.6. The molecule has 0 aliphatic rings. The number of pyridine rings is 1. The summed E-state index contributed by atoms with van der Waals surface area (Å²) in [6, 6.07) is 11.9. The molecule has 1 aromatic carbocycles. The summed E-state index contributed by atoms with van der Waals surface area (Å²) in [4.78, 5) is 23.6. The molecule has 0 spiro atoms. The summed E-state index contributed by atoms with van der Waals surface area (Å²) in [6.07, 6.45) is 2.23. The molecule has 0 aliphatic heterocycles. The van der Waals surface area contributed by atoms with Gasteiger partial charge in [0, 0.05) is 17.8 Å². The van der Waals surface area contributed by atoms with Gasteiger partial charge in [-0.05, 0) is 36.1 Å². The van der Waals surface area contributed by atoms with E-state index < -0.39 is 18.5 Å². The van der Waals surface area contributed by atoms with E-state index in [1.807, 2.05) is 24.3 Å². The summed E-state index contributed by atoms with van der Waals surface area (Å²) in [7, 11) is 0. The topological polar surface area (TPSA) is 82.3 Å². The lowest BCUT2D eigenvalue weighted by atomic mass is 9.99. The highest BCUT2D eigenvalue weighted by Gasteiger charge is 2.18. The zero-order valence-electron chi connectivity index (χ0n) is 13.7. The van der Waals surface area contributed by atoms with E-state index in [9.17, 15) is 14.8 Å². The number of carbonyl (C=O) groups excluding carboxylic acids is 2. The standard InChI is InChI=1S/C18H20N2O4/c1-3-13(2)14-7-9-15(10-8-14)19-17(21)12-24-18(22)16-6-4-5-11-20(16)23/h4-11,13H,3,12H2,1-2H3,(H,19,21)/t13-/m0/s1. The number of ether oxygens (including phenoxy) is 1. The lowest BCUT2D eigenvalue weighted by Gasteiger charge is -2.10. The van der Waals surface area contributed by atoms with E-state index >= 15 is 0 Å². The molecular weight excluding hydrogens is 308 g/mol. The smallest absolute Gasteiger partial charge is 0.405 e. The van der Waals surface area contributed by atoms with Crippen LogP contribution in [0.3, 0.4) is 0 Å². The van der Waals surface area contributed by atoms with Crippen LogP contribution in [-0.4, -0.2) is 18.5 Å². The third-order valence-electron chi connectivity index (χ3n) is 3.74. The predicted molar refractivity (Wildman–Crippen MR) is 89.5 cm³/mol. The fraction of sp³-hybridized carbons (Fsp3) is 0.278. The largest absolute Gasteiger partial charge is 0.618 e. The molecule has 1 N–H and O–H groups in total. The van der Waals surface area contributed by atoms with Gasteiger partial charge in [0.1, 0.15) is 0 Å². The number of esters is 1. The first-order chi connectivity index (χ1) is 11.5. The van der Waals surface area contributed by atoms with Crippen LogP contribution in [0.1, 0.15) is 42.2 Å². The van der Waals surface area contributed by atoms with E-state index in [0.717, 1.165) is 6.42 Å². The molecular formula is C18H20N2O4. The summed E-state index contributed by atoms with van der Waals surface area (Å²) in [5.41, 5.74) is 1.66. The SMILES string of the molecule is CC[C@H](C)c1ccc(NC(=O)COC(=O)c2cccc[n+]2[O-])cc1. The van der Waals surface area contributed by atoms with Gasteiger partial charge in [-0.1, -0.05) is 26.0 Å². The van der Waals surface area contributed by atoms with Crippen molar-refractivity contribution in [2.75, 3.05) is 11.9 Å². The monoisotopic (exact) mass is 328 g/mol. The van der Waals surface area contributed by atoms with E-state index in [1.54, 1.807) is 6.07 Å². The minimum atomic E-state index is -0.840. The first kappa shape index (κ1) is 17.5. The lowest BCUT2D eigenvalue weighted by molar-refractivity contribution is -0.608. The van der Waals surface area contributed by atoms with Crippen LogP contribution in [-0.2, 0) is 9.53 Å². The number of rotatable bonds is 6. The van der Waals surface area contributed by atoms with Crippen LogP contribution in [0.4, 0.5) is 5.69 Å². The molecule has 1 amide bonds. The zero-order chi connectivity index (χ0) is 17.5. The van der Waals surface area contributed by atoms with Crippen molar-refractivity contribution in [2.24, 2.45) is 0 Å². The van der Waals surface area contributed by atoms with Crippen LogP contribution in [0.5, 0.6) is 0 Å². The lowest BCUT2D eigenvalue weighted by Crippen LogP contribution is -2.35. The molecule has 2 rings (SSSR count). The van der Waals surface area contributed by atoms with Gasteiger partial charge in [0.2, 0.25) is 0 Å². The molecule has 2 aromatic rings. The van der Waals surface area contributed by atoms with Crippen LogP contribution in [0, 0.1) is 5.21 Å². The third kappa shape index (κ3) is 4.55. The molecule has 126 valence electrons. The van der Waals surface area contributed by atoms with Gasteiger partial charge in [0.15, 0.2) is 12.8 Å². The highest BCUT2D eigenvalue weighted by Crippen LogP contribution is 2.20. The Balaban J connectivity index is 1.87. The Kier molecular flexibility index (Phi) is 5.89. The average molecular weight is 328 g/mol. The van der Waals surface area contributed by atoms with Gasteiger partial charge < -0.3 is 15.3 Å². The molecule has 1 heterocycles. The van der Waals surface area contributed by atoms with Crippen molar-refractivity contribution in [3.8, 4) is 0 Å². The van der Waals surface area contributed by atoms with Gasteiger partial charge in [-0.15, -0.1) is 0 Å². The number of hydrogen-bond acceptors (Lipinski definition) is 4. The molecule has 6 nitrogen and oxygen atoms in total. The molecule has 0 fully saturated rings. The fourth-order valence-electron chi connectivity index (χ4n) is 2.12. The molecule has 0 bridgehead atoms. The molecule has 0 radical (unpaired) electrons. The Labute approximate surface area is 140 Å². The molecule has 1 aromatic heterocycles. The highest BCUT2D eigenvalue weighted by molar-refractivity contribution is 5.94. The number of amides is 1. The zero-order valence-corrected chi connectivity index (χ0v) is 13.7. The molecule has 6 heteroatoms. The molecule has 24 heavy (non-hydrogen) atoms. The molecule has 0 aliphatic carbocycles. The second kappa shape index (κ2) is 8.10. The molecule has 0 saturated carbocycles. The van der Waals surface area contributed by atoms with Crippen LogP contribution < -0.4 is 10.0 Å². The van der Waals surface area contributed by atoms with Crippen LogP contribution in [0.25, 0.3) is 0 Å². The number of nitrogens with zero attached hydrogens (tertiary/aromatic N) is 1. The van der Waals surface area contributed by atoms with Crippen molar-refractivity contribution >= 4 is 17.6 Å². The Hall–Kier alpha value is -2.89. The second-order valence-corrected chi connectivity index (χ2v) is 5.47. The van der Waals surface area contributed by atoms with Gasteiger partial charge >= 0.3 is 11.7 Å². The number of nitrogens with one attached hydrogen (secondary N) is 1. The Morgan fingerprint density at radius 2 is 1.92 bits per heavy atom. The van der Waals surface area contributed by atoms with Gasteiger partial charge in [-0.25, -0.2) is 4.79 Å². The average Bonchev–Trinajstić information content (AvgIpc) is 2.60. The van der Waals surface area contributed by atoms with E-state index in [1.165, 1.54) is 23.9 Å².